The topological polar surface area (TPSA) is 66.6 Å². The highest BCUT2D eigenvalue weighted by atomic mass is 19.1. The maximum atomic E-state index is 13.7. The Hall–Kier alpha value is -2.89. The fourth-order valence-electron chi connectivity index (χ4n) is 3.12. The number of rotatable bonds is 3. The minimum atomic E-state index is -0.369. The summed E-state index contributed by atoms with van der Waals surface area (Å²) in [6.45, 7) is 3.67. The number of amides is 2. The van der Waals surface area contributed by atoms with Crippen LogP contribution in [0.2, 0.25) is 0 Å². The predicted molar refractivity (Wildman–Crippen MR) is 98.2 cm³/mol. The quantitative estimate of drug-likeness (QED) is 0.859. The summed E-state index contributed by atoms with van der Waals surface area (Å²) in [5.74, 6) is -0.565. The maximum absolute atomic E-state index is 13.7. The molecular weight excluding hydrogens is 333 g/mol. The van der Waals surface area contributed by atoms with E-state index >= 15 is 0 Å². The minimum absolute atomic E-state index is 0.0367. The van der Waals surface area contributed by atoms with E-state index in [0.29, 0.717) is 43.0 Å². The lowest BCUT2D eigenvalue weighted by molar-refractivity contribution is -0.132. The number of halogens is 1. The molecule has 0 aromatic heterocycles. The molecule has 1 saturated heterocycles. The van der Waals surface area contributed by atoms with E-state index < -0.39 is 0 Å². The van der Waals surface area contributed by atoms with Gasteiger partial charge in [-0.2, -0.15) is 0 Å². The van der Waals surface area contributed by atoms with E-state index in [-0.39, 0.29) is 24.1 Å². The van der Waals surface area contributed by atoms with Gasteiger partial charge in [0, 0.05) is 37.4 Å². The number of hydrogen-bond donors (Lipinski definition) is 1. The Labute approximate surface area is 152 Å². The van der Waals surface area contributed by atoms with Crippen molar-refractivity contribution in [3.8, 4) is 0 Å². The Bertz CT molecular complexity index is 830. The molecule has 0 aliphatic carbocycles. The Kier molecular flexibility index (Phi) is 5.21. The van der Waals surface area contributed by atoms with Crippen molar-refractivity contribution in [1.82, 2.24) is 9.80 Å². The minimum Gasteiger partial charge on any atom is -0.399 e. The lowest BCUT2D eigenvalue weighted by Crippen LogP contribution is -2.51. The summed E-state index contributed by atoms with van der Waals surface area (Å²) in [7, 11) is 0. The van der Waals surface area contributed by atoms with E-state index in [4.69, 9.17) is 5.73 Å². The molecule has 0 unspecified atom stereocenters. The third kappa shape index (κ3) is 3.85. The van der Waals surface area contributed by atoms with Crippen LogP contribution in [0.1, 0.15) is 21.5 Å². The first-order valence-electron chi connectivity index (χ1n) is 8.62. The van der Waals surface area contributed by atoms with Gasteiger partial charge in [0.2, 0.25) is 5.91 Å². The molecule has 1 fully saturated rings. The van der Waals surface area contributed by atoms with Gasteiger partial charge in [0.25, 0.3) is 5.91 Å². The van der Waals surface area contributed by atoms with Gasteiger partial charge in [0.1, 0.15) is 5.82 Å². The lowest BCUT2D eigenvalue weighted by atomic mass is 10.1. The van der Waals surface area contributed by atoms with Crippen LogP contribution in [0.4, 0.5) is 10.1 Å². The Morgan fingerprint density at radius 2 is 1.69 bits per heavy atom. The van der Waals surface area contributed by atoms with E-state index in [9.17, 15) is 14.0 Å². The second kappa shape index (κ2) is 7.56. The van der Waals surface area contributed by atoms with Crippen molar-refractivity contribution in [2.45, 2.75) is 13.3 Å². The van der Waals surface area contributed by atoms with Crippen LogP contribution in [0.5, 0.6) is 0 Å². The summed E-state index contributed by atoms with van der Waals surface area (Å²) in [6.07, 6.45) is 0.0367. The third-order valence-electron chi connectivity index (χ3n) is 4.71. The number of aryl methyl sites for hydroxylation is 1. The molecule has 0 bridgehead atoms. The zero-order valence-corrected chi connectivity index (χ0v) is 14.7. The van der Waals surface area contributed by atoms with Crippen LogP contribution in [0.25, 0.3) is 0 Å². The van der Waals surface area contributed by atoms with Gasteiger partial charge in [-0.3, -0.25) is 9.59 Å². The molecule has 2 N–H and O–H groups in total. The average Bonchev–Trinajstić information content (AvgIpc) is 2.65. The first-order valence-corrected chi connectivity index (χ1v) is 8.62. The largest absolute Gasteiger partial charge is 0.399 e. The Morgan fingerprint density at radius 1 is 1.04 bits per heavy atom. The normalized spacial score (nSPS) is 14.4. The molecule has 0 spiro atoms. The van der Waals surface area contributed by atoms with E-state index in [1.54, 1.807) is 40.1 Å². The molecule has 2 amide bonds. The van der Waals surface area contributed by atoms with Crippen LogP contribution < -0.4 is 5.73 Å². The first-order chi connectivity index (χ1) is 12.5. The van der Waals surface area contributed by atoms with Crippen molar-refractivity contribution in [1.29, 1.82) is 0 Å². The van der Waals surface area contributed by atoms with E-state index in [2.05, 4.69) is 0 Å². The molecule has 2 aromatic carbocycles. The molecule has 6 heteroatoms. The molecule has 0 atom stereocenters. The number of carbonyl (C=O) groups is 2. The Balaban J connectivity index is 1.60. The summed E-state index contributed by atoms with van der Waals surface area (Å²) >= 11 is 0. The summed E-state index contributed by atoms with van der Waals surface area (Å²) in [5.41, 5.74) is 8.21. The van der Waals surface area contributed by atoms with Gasteiger partial charge in [0.15, 0.2) is 0 Å². The van der Waals surface area contributed by atoms with Crippen LogP contribution in [-0.2, 0) is 11.2 Å². The molecule has 0 saturated carbocycles. The monoisotopic (exact) mass is 355 g/mol. The highest BCUT2D eigenvalue weighted by Gasteiger charge is 2.26. The van der Waals surface area contributed by atoms with Crippen molar-refractivity contribution in [2.24, 2.45) is 0 Å². The van der Waals surface area contributed by atoms with Crippen LogP contribution >= 0.6 is 0 Å². The van der Waals surface area contributed by atoms with Crippen LogP contribution in [0, 0.1) is 12.7 Å². The third-order valence-corrected chi connectivity index (χ3v) is 4.71. The van der Waals surface area contributed by atoms with Gasteiger partial charge >= 0.3 is 0 Å². The number of hydrogen-bond acceptors (Lipinski definition) is 3. The number of anilines is 1. The van der Waals surface area contributed by atoms with Crippen molar-refractivity contribution in [3.05, 3.63) is 65.0 Å². The smallest absolute Gasteiger partial charge is 0.254 e. The molecule has 1 aliphatic heterocycles. The summed E-state index contributed by atoms with van der Waals surface area (Å²) in [5, 5.41) is 0. The molecule has 3 rings (SSSR count). The SMILES string of the molecule is Cc1ccc(N)cc1C(=O)N1CCN(C(=O)Cc2ccccc2F)CC1. The fourth-order valence-corrected chi connectivity index (χ4v) is 3.12. The predicted octanol–water partition coefficient (Wildman–Crippen LogP) is 2.24. The number of carbonyl (C=O) groups excluding carboxylic acids is 2. The van der Waals surface area contributed by atoms with Gasteiger partial charge < -0.3 is 15.5 Å². The number of benzene rings is 2. The molecule has 1 heterocycles. The van der Waals surface area contributed by atoms with Crippen molar-refractivity contribution in [2.75, 3.05) is 31.9 Å². The highest BCUT2D eigenvalue weighted by Crippen LogP contribution is 2.17. The molecule has 0 radical (unpaired) electrons. The second-order valence-corrected chi connectivity index (χ2v) is 6.52. The molecule has 26 heavy (non-hydrogen) atoms. The molecule has 2 aromatic rings. The highest BCUT2D eigenvalue weighted by molar-refractivity contribution is 5.96. The zero-order valence-electron chi connectivity index (χ0n) is 14.7. The lowest BCUT2D eigenvalue weighted by Gasteiger charge is -2.35. The zero-order chi connectivity index (χ0) is 18.7. The van der Waals surface area contributed by atoms with Gasteiger partial charge in [-0.05, 0) is 36.2 Å². The second-order valence-electron chi connectivity index (χ2n) is 6.52. The fraction of sp³-hybridized carbons (Fsp3) is 0.300. The van der Waals surface area contributed by atoms with E-state index in [1.165, 1.54) is 6.07 Å². The Morgan fingerprint density at radius 3 is 2.38 bits per heavy atom. The summed E-state index contributed by atoms with van der Waals surface area (Å²) in [6, 6.07) is 11.6. The summed E-state index contributed by atoms with van der Waals surface area (Å²) in [4.78, 5) is 28.5. The first kappa shape index (κ1) is 17.9. The van der Waals surface area contributed by atoms with Crippen LogP contribution in [0.3, 0.4) is 0 Å². The standard InChI is InChI=1S/C20H22FN3O2/c1-14-6-7-16(22)13-17(14)20(26)24-10-8-23(9-11-24)19(25)12-15-4-2-3-5-18(15)21/h2-7,13H,8-12,22H2,1H3. The van der Waals surface area contributed by atoms with Crippen molar-refractivity contribution >= 4 is 17.5 Å². The molecule has 5 nitrogen and oxygen atoms in total. The average molecular weight is 355 g/mol. The number of nitrogens with two attached hydrogens (primary N) is 1. The van der Waals surface area contributed by atoms with Gasteiger partial charge in [-0.25, -0.2) is 4.39 Å². The maximum Gasteiger partial charge on any atom is 0.254 e. The summed E-state index contributed by atoms with van der Waals surface area (Å²) < 4.78 is 13.7. The van der Waals surface area contributed by atoms with E-state index in [0.717, 1.165) is 5.56 Å². The molecular formula is C20H22FN3O2. The van der Waals surface area contributed by atoms with Crippen molar-refractivity contribution in [3.63, 3.8) is 0 Å². The van der Waals surface area contributed by atoms with E-state index in [1.807, 2.05) is 13.0 Å². The van der Waals surface area contributed by atoms with Gasteiger partial charge in [-0.1, -0.05) is 24.3 Å². The van der Waals surface area contributed by atoms with Crippen LogP contribution in [-0.4, -0.2) is 47.8 Å². The molecule has 136 valence electrons. The number of piperazine rings is 1. The van der Waals surface area contributed by atoms with Crippen molar-refractivity contribution < 1.29 is 14.0 Å². The number of nitrogens with zero attached hydrogens (tertiary/aromatic N) is 2. The molecule has 1 aliphatic rings. The van der Waals surface area contributed by atoms with Gasteiger partial charge in [0.05, 0.1) is 6.42 Å². The number of nitrogen functional groups attached to an aromatic ring is 1. The van der Waals surface area contributed by atoms with Crippen LogP contribution in [0.15, 0.2) is 42.5 Å². The van der Waals surface area contributed by atoms with Gasteiger partial charge in [-0.15, -0.1) is 0 Å².